The number of hydrogen-bond acceptors (Lipinski definition) is 6. The highest BCUT2D eigenvalue weighted by atomic mass is 32.1. The van der Waals surface area contributed by atoms with Gasteiger partial charge in [0.05, 0.1) is 11.3 Å². The van der Waals surface area contributed by atoms with E-state index in [-0.39, 0.29) is 11.8 Å². The summed E-state index contributed by atoms with van der Waals surface area (Å²) in [5, 5.41) is 9.87. The van der Waals surface area contributed by atoms with Gasteiger partial charge in [-0.3, -0.25) is 4.79 Å². The van der Waals surface area contributed by atoms with Crippen LogP contribution in [-0.2, 0) is 4.79 Å². The minimum atomic E-state index is 0.0441. The van der Waals surface area contributed by atoms with Crippen molar-refractivity contribution in [2.75, 3.05) is 24.5 Å². The molecular formula is C18H25N5OS. The summed E-state index contributed by atoms with van der Waals surface area (Å²) in [6.07, 6.45) is 5.66. The maximum atomic E-state index is 12.8. The molecule has 0 saturated carbocycles. The third-order valence-corrected chi connectivity index (χ3v) is 6.12. The van der Waals surface area contributed by atoms with Crippen molar-refractivity contribution in [1.29, 1.82) is 0 Å². The van der Waals surface area contributed by atoms with E-state index in [1.807, 2.05) is 0 Å². The number of fused-ring (bicyclic) bond motifs is 1. The Hall–Kier alpha value is -1.73. The molecule has 4 rings (SSSR count). The zero-order valence-electron chi connectivity index (χ0n) is 14.6. The van der Waals surface area contributed by atoms with Crippen molar-refractivity contribution in [3.05, 3.63) is 17.8 Å². The van der Waals surface area contributed by atoms with E-state index in [1.165, 1.54) is 0 Å². The number of nitrogens with zero attached hydrogens (tertiary/aromatic N) is 3. The molecule has 3 atom stereocenters. The topological polar surface area (TPSA) is 70.2 Å². The Kier molecular flexibility index (Phi) is 4.85. The summed E-state index contributed by atoms with van der Waals surface area (Å²) in [4.78, 5) is 24.9. The van der Waals surface area contributed by atoms with Gasteiger partial charge in [-0.25, -0.2) is 9.97 Å². The van der Waals surface area contributed by atoms with Crippen LogP contribution in [0.15, 0.2) is 17.8 Å². The number of piperidine rings is 2. The SMILES string of the molecule is CC1CC(NC(=O)C2CCCN(c3ncnc4sccc34)C2)CCN1. The van der Waals surface area contributed by atoms with Crippen molar-refractivity contribution in [2.45, 2.75) is 44.7 Å². The Morgan fingerprint density at radius 1 is 1.40 bits per heavy atom. The number of anilines is 1. The number of carbonyl (C=O) groups is 1. The van der Waals surface area contributed by atoms with Gasteiger partial charge in [0.2, 0.25) is 5.91 Å². The minimum absolute atomic E-state index is 0.0441. The van der Waals surface area contributed by atoms with Gasteiger partial charge in [-0.2, -0.15) is 0 Å². The zero-order chi connectivity index (χ0) is 17.2. The first-order valence-corrected chi connectivity index (χ1v) is 10.1. The second-order valence-corrected chi connectivity index (χ2v) is 8.10. The van der Waals surface area contributed by atoms with Gasteiger partial charge < -0.3 is 15.5 Å². The van der Waals surface area contributed by atoms with Crippen molar-refractivity contribution in [1.82, 2.24) is 20.6 Å². The summed E-state index contributed by atoms with van der Waals surface area (Å²) in [6, 6.07) is 2.87. The molecule has 2 aromatic rings. The van der Waals surface area contributed by atoms with Crippen LogP contribution in [0.25, 0.3) is 10.2 Å². The fourth-order valence-electron chi connectivity index (χ4n) is 3.99. The van der Waals surface area contributed by atoms with Crippen molar-refractivity contribution in [3.8, 4) is 0 Å². The van der Waals surface area contributed by atoms with E-state index >= 15 is 0 Å². The first kappa shape index (κ1) is 16.7. The lowest BCUT2D eigenvalue weighted by molar-refractivity contribution is -0.126. The highest BCUT2D eigenvalue weighted by Crippen LogP contribution is 2.30. The fourth-order valence-corrected chi connectivity index (χ4v) is 4.72. The summed E-state index contributed by atoms with van der Waals surface area (Å²) in [7, 11) is 0. The van der Waals surface area contributed by atoms with Gasteiger partial charge in [0.25, 0.3) is 0 Å². The van der Waals surface area contributed by atoms with Gasteiger partial charge in [0, 0.05) is 25.2 Å². The van der Waals surface area contributed by atoms with Crippen molar-refractivity contribution < 1.29 is 4.79 Å². The normalized spacial score (nSPS) is 27.4. The Morgan fingerprint density at radius 2 is 2.32 bits per heavy atom. The number of hydrogen-bond donors (Lipinski definition) is 2. The van der Waals surface area contributed by atoms with Crippen molar-refractivity contribution in [3.63, 3.8) is 0 Å². The third kappa shape index (κ3) is 3.62. The molecule has 3 unspecified atom stereocenters. The van der Waals surface area contributed by atoms with Gasteiger partial charge in [0.1, 0.15) is 17.0 Å². The van der Waals surface area contributed by atoms with Crippen LogP contribution in [0.2, 0.25) is 0 Å². The molecule has 0 radical (unpaired) electrons. The molecule has 6 nitrogen and oxygen atoms in total. The molecule has 0 bridgehead atoms. The van der Waals surface area contributed by atoms with Crippen molar-refractivity contribution >= 4 is 33.3 Å². The number of amides is 1. The van der Waals surface area contributed by atoms with Crippen LogP contribution in [0.5, 0.6) is 0 Å². The largest absolute Gasteiger partial charge is 0.355 e. The number of thiophene rings is 1. The summed E-state index contributed by atoms with van der Waals surface area (Å²) >= 11 is 1.63. The lowest BCUT2D eigenvalue weighted by atomic mass is 9.95. The Balaban J connectivity index is 1.44. The molecule has 7 heteroatoms. The predicted molar refractivity (Wildman–Crippen MR) is 101 cm³/mol. The standard InChI is InChI=1S/C18H25N5OS/c1-12-9-14(4-6-19-12)22-17(24)13-3-2-7-23(10-13)16-15-5-8-25-18(15)21-11-20-16/h5,8,11-14,19H,2-4,6-7,9-10H2,1H3,(H,22,24). The minimum Gasteiger partial charge on any atom is -0.355 e. The van der Waals surface area contributed by atoms with Crippen LogP contribution >= 0.6 is 11.3 Å². The maximum Gasteiger partial charge on any atom is 0.225 e. The number of nitrogens with one attached hydrogen (secondary N) is 2. The first-order chi connectivity index (χ1) is 12.2. The number of rotatable bonds is 3. The van der Waals surface area contributed by atoms with Crippen LogP contribution in [0.1, 0.15) is 32.6 Å². The number of aromatic nitrogens is 2. The molecule has 134 valence electrons. The van der Waals surface area contributed by atoms with Crippen LogP contribution < -0.4 is 15.5 Å². The third-order valence-electron chi connectivity index (χ3n) is 5.30. The zero-order valence-corrected chi connectivity index (χ0v) is 15.4. The van der Waals surface area contributed by atoms with E-state index in [0.717, 1.165) is 61.4 Å². The smallest absolute Gasteiger partial charge is 0.225 e. The van der Waals surface area contributed by atoms with Crippen LogP contribution in [0, 0.1) is 5.92 Å². The first-order valence-electron chi connectivity index (χ1n) is 9.17. The molecule has 0 aliphatic carbocycles. The van der Waals surface area contributed by atoms with E-state index in [4.69, 9.17) is 0 Å². The van der Waals surface area contributed by atoms with Gasteiger partial charge in [-0.15, -0.1) is 11.3 Å². The molecule has 25 heavy (non-hydrogen) atoms. The van der Waals surface area contributed by atoms with Gasteiger partial charge in [-0.05, 0) is 50.6 Å². The molecule has 0 spiro atoms. The van der Waals surface area contributed by atoms with Crippen LogP contribution in [-0.4, -0.2) is 47.6 Å². The van der Waals surface area contributed by atoms with E-state index in [2.05, 4.69) is 43.9 Å². The van der Waals surface area contributed by atoms with E-state index in [0.29, 0.717) is 12.1 Å². The van der Waals surface area contributed by atoms with Gasteiger partial charge in [-0.1, -0.05) is 0 Å². The number of carbonyl (C=O) groups excluding carboxylic acids is 1. The van der Waals surface area contributed by atoms with E-state index < -0.39 is 0 Å². The molecule has 2 N–H and O–H groups in total. The van der Waals surface area contributed by atoms with Gasteiger partial charge in [0.15, 0.2) is 0 Å². The summed E-state index contributed by atoms with van der Waals surface area (Å²) in [6.45, 7) is 4.87. The maximum absolute atomic E-state index is 12.8. The van der Waals surface area contributed by atoms with Gasteiger partial charge >= 0.3 is 0 Å². The van der Waals surface area contributed by atoms with Crippen molar-refractivity contribution in [2.24, 2.45) is 5.92 Å². The molecule has 2 aromatic heterocycles. The summed E-state index contributed by atoms with van der Waals surface area (Å²) < 4.78 is 0. The molecule has 0 aromatic carbocycles. The van der Waals surface area contributed by atoms with Crippen LogP contribution in [0.3, 0.4) is 0 Å². The molecule has 2 aliphatic heterocycles. The highest BCUT2D eigenvalue weighted by Gasteiger charge is 2.29. The monoisotopic (exact) mass is 359 g/mol. The second kappa shape index (κ2) is 7.25. The lowest BCUT2D eigenvalue weighted by Crippen LogP contribution is -2.50. The quantitative estimate of drug-likeness (QED) is 0.879. The molecule has 2 aliphatic rings. The Labute approximate surface area is 152 Å². The fraction of sp³-hybridized carbons (Fsp3) is 0.611. The van der Waals surface area contributed by atoms with E-state index in [9.17, 15) is 4.79 Å². The van der Waals surface area contributed by atoms with E-state index in [1.54, 1.807) is 17.7 Å². The highest BCUT2D eigenvalue weighted by molar-refractivity contribution is 7.16. The second-order valence-electron chi connectivity index (χ2n) is 7.21. The lowest BCUT2D eigenvalue weighted by Gasteiger charge is -2.35. The average molecular weight is 359 g/mol. The molecular weight excluding hydrogens is 334 g/mol. The average Bonchev–Trinajstić information content (AvgIpc) is 3.10. The van der Waals surface area contributed by atoms with Crippen LogP contribution in [0.4, 0.5) is 5.82 Å². The Morgan fingerprint density at radius 3 is 3.20 bits per heavy atom. The summed E-state index contributed by atoms with van der Waals surface area (Å²) in [5.41, 5.74) is 0. The Bertz CT molecular complexity index is 748. The molecule has 2 saturated heterocycles. The molecule has 1 amide bonds. The summed E-state index contributed by atoms with van der Waals surface area (Å²) in [5.74, 6) is 1.22. The molecule has 4 heterocycles. The molecule has 2 fully saturated rings. The predicted octanol–water partition coefficient (Wildman–Crippen LogP) is 2.16.